The molecule has 8 heavy (non-hydrogen) atoms. The largest absolute Gasteiger partial charge is 0.480 e. The van der Waals surface area contributed by atoms with Crippen LogP contribution in [0.25, 0.3) is 0 Å². The fourth-order valence-electron chi connectivity index (χ4n) is 0.0676. The van der Waals surface area contributed by atoms with Crippen molar-refractivity contribution in [2.24, 2.45) is 5.73 Å². The number of aliphatic carboxylic acids is 1. The second-order valence-electron chi connectivity index (χ2n) is 1.62. The zero-order valence-corrected chi connectivity index (χ0v) is 5.19. The zero-order valence-electron chi connectivity index (χ0n) is 5.29. The van der Waals surface area contributed by atoms with E-state index in [0.29, 0.717) is 0 Å². The minimum atomic E-state index is -1.47. The predicted octanol–water partition coefficient (Wildman–Crippen LogP) is -0.282. The minimum Gasteiger partial charge on any atom is -0.480 e. The van der Waals surface area contributed by atoms with Gasteiger partial charge in [-0.25, -0.2) is 0 Å². The van der Waals surface area contributed by atoms with Crippen LogP contribution >= 0.6 is 12.6 Å². The number of carboxylic acids is 1. The van der Waals surface area contributed by atoms with Crippen LogP contribution in [-0.4, -0.2) is 22.4 Å². The van der Waals surface area contributed by atoms with E-state index in [4.69, 9.17) is 12.2 Å². The molecule has 1 atom stereocenters. The molecule has 0 aromatic heterocycles. The van der Waals surface area contributed by atoms with Gasteiger partial charge in [0.2, 0.25) is 0 Å². The van der Waals surface area contributed by atoms with Crippen LogP contribution in [-0.2, 0) is 4.79 Å². The van der Waals surface area contributed by atoms with Gasteiger partial charge >= 0.3 is 5.97 Å². The van der Waals surface area contributed by atoms with Crippen molar-refractivity contribution in [1.29, 1.82) is 0 Å². The molecular formula is C4H9NO2S. The van der Waals surface area contributed by atoms with Gasteiger partial charge in [0.05, 0.1) is 0 Å². The molecule has 0 bridgehead atoms. The summed E-state index contributed by atoms with van der Waals surface area (Å²) in [5.41, 5.74) is 3.71. The van der Waals surface area contributed by atoms with Crippen molar-refractivity contribution in [2.75, 3.05) is 5.75 Å². The van der Waals surface area contributed by atoms with Gasteiger partial charge in [-0.2, -0.15) is 12.6 Å². The first kappa shape index (κ1) is 5.91. The van der Waals surface area contributed by atoms with E-state index >= 15 is 0 Å². The smallest absolute Gasteiger partial charge is 0.324 e. The Hall–Kier alpha value is -0.220. The highest BCUT2D eigenvalue weighted by Gasteiger charge is 2.25. The van der Waals surface area contributed by atoms with Gasteiger partial charge in [0.1, 0.15) is 5.54 Å². The summed E-state index contributed by atoms with van der Waals surface area (Å²) >= 11 is 3.69. The highest BCUT2D eigenvalue weighted by Crippen LogP contribution is 1.99. The lowest BCUT2D eigenvalue weighted by Crippen LogP contribution is -2.46. The van der Waals surface area contributed by atoms with Gasteiger partial charge in [-0.1, -0.05) is 0 Å². The maximum Gasteiger partial charge on any atom is 0.324 e. The van der Waals surface area contributed by atoms with Crippen molar-refractivity contribution in [3.8, 4) is 0 Å². The molecule has 0 rings (SSSR count). The third-order valence-electron chi connectivity index (χ3n) is 0.708. The molecule has 0 aromatic rings. The summed E-state index contributed by atoms with van der Waals surface area (Å²) < 4.78 is 6.73. The first-order chi connectivity index (χ1) is 4.06. The number of carbonyl (C=O) groups is 1. The summed E-state index contributed by atoms with van der Waals surface area (Å²) in [7, 11) is 0. The summed E-state index contributed by atoms with van der Waals surface area (Å²) in [5.74, 6) is -1.18. The molecule has 0 saturated carbocycles. The molecule has 48 valence electrons. The minimum absolute atomic E-state index is 0.00810. The van der Waals surface area contributed by atoms with E-state index < -0.39 is 11.5 Å². The standard InChI is InChI=1S/C4H9NO2S/c1-4(5,2-8)3(6)7/h8H,2,5H2,1H3,(H,6,7)/t4-/m0/s1/i1D. The van der Waals surface area contributed by atoms with Crippen molar-refractivity contribution in [2.45, 2.75) is 12.4 Å². The zero-order chi connectivity index (χ0) is 7.49. The van der Waals surface area contributed by atoms with E-state index in [1.165, 1.54) is 0 Å². The monoisotopic (exact) mass is 136 g/mol. The highest BCUT2D eigenvalue weighted by molar-refractivity contribution is 7.80. The van der Waals surface area contributed by atoms with Crippen LogP contribution in [0.15, 0.2) is 0 Å². The van der Waals surface area contributed by atoms with E-state index in [1.54, 1.807) is 0 Å². The summed E-state index contributed by atoms with van der Waals surface area (Å²) in [6.07, 6.45) is 0. The maximum atomic E-state index is 10.2. The van der Waals surface area contributed by atoms with Gasteiger partial charge in [0.25, 0.3) is 0 Å². The molecule has 0 aliphatic heterocycles. The fourth-order valence-corrected chi connectivity index (χ4v) is 0.203. The molecule has 0 spiro atoms. The molecule has 0 fully saturated rings. The molecule has 0 saturated heterocycles. The average Bonchev–Trinajstić information content (AvgIpc) is 1.86. The quantitative estimate of drug-likeness (QED) is 0.457. The van der Waals surface area contributed by atoms with Crippen LogP contribution in [0, 0.1) is 0 Å². The molecule has 4 heteroatoms. The average molecular weight is 136 g/mol. The van der Waals surface area contributed by atoms with Crippen molar-refractivity contribution in [3.63, 3.8) is 0 Å². The van der Waals surface area contributed by atoms with E-state index in [9.17, 15) is 4.79 Å². The molecule has 0 aliphatic carbocycles. The first-order valence-corrected chi connectivity index (χ1v) is 2.62. The molecule has 3 N–H and O–H groups in total. The maximum absolute atomic E-state index is 10.2. The van der Waals surface area contributed by atoms with Gasteiger partial charge < -0.3 is 10.8 Å². The molecule has 0 amide bonds. The molecule has 0 heterocycles. The Morgan fingerprint density at radius 1 is 2.25 bits per heavy atom. The Kier molecular flexibility index (Phi) is 1.75. The number of thiol groups is 1. The molecular weight excluding hydrogens is 126 g/mol. The van der Waals surface area contributed by atoms with E-state index in [0.717, 1.165) is 0 Å². The van der Waals surface area contributed by atoms with Gasteiger partial charge in [0.15, 0.2) is 0 Å². The summed E-state index contributed by atoms with van der Waals surface area (Å²) in [6, 6.07) is 0. The van der Waals surface area contributed by atoms with Crippen LogP contribution in [0.1, 0.15) is 8.27 Å². The van der Waals surface area contributed by atoms with Crippen LogP contribution in [0.3, 0.4) is 0 Å². The topological polar surface area (TPSA) is 63.3 Å². The third kappa shape index (κ3) is 1.71. The lowest BCUT2D eigenvalue weighted by Gasteiger charge is -2.14. The van der Waals surface area contributed by atoms with Crippen molar-refractivity contribution in [1.82, 2.24) is 0 Å². The second kappa shape index (κ2) is 2.37. The summed E-state index contributed by atoms with van der Waals surface area (Å²) in [5, 5.41) is 8.34. The normalized spacial score (nSPS) is 19.0. The van der Waals surface area contributed by atoms with Gasteiger partial charge in [0, 0.05) is 7.12 Å². The number of hydrogen-bond acceptors (Lipinski definition) is 3. The number of nitrogens with two attached hydrogens (primary N) is 1. The van der Waals surface area contributed by atoms with Crippen molar-refractivity contribution in [3.05, 3.63) is 0 Å². The van der Waals surface area contributed by atoms with Gasteiger partial charge in [-0.05, 0) is 6.90 Å². The highest BCUT2D eigenvalue weighted by atomic mass is 32.1. The van der Waals surface area contributed by atoms with E-state index in [-0.39, 0.29) is 12.7 Å². The first-order valence-electron chi connectivity index (χ1n) is 2.70. The third-order valence-corrected chi connectivity index (χ3v) is 1.27. The van der Waals surface area contributed by atoms with Gasteiger partial charge in [-0.3, -0.25) is 4.79 Å². The Morgan fingerprint density at radius 3 is 2.75 bits per heavy atom. The lowest BCUT2D eigenvalue weighted by molar-refractivity contribution is -0.141. The van der Waals surface area contributed by atoms with Gasteiger partial charge in [-0.15, -0.1) is 0 Å². The summed E-state index contributed by atoms with van der Waals surface area (Å²) in [4.78, 5) is 10.2. The number of hydrogen-bond donors (Lipinski definition) is 3. The molecule has 0 radical (unpaired) electrons. The van der Waals surface area contributed by atoms with Crippen LogP contribution in [0.2, 0.25) is 0 Å². The molecule has 0 unspecified atom stereocenters. The number of carboxylic acid groups (broad SMARTS) is 1. The second-order valence-corrected chi connectivity index (χ2v) is 1.94. The number of rotatable bonds is 2. The Labute approximate surface area is 54.7 Å². The van der Waals surface area contributed by atoms with Crippen LogP contribution in [0.4, 0.5) is 0 Å². The van der Waals surface area contributed by atoms with Crippen LogP contribution < -0.4 is 5.73 Å². The van der Waals surface area contributed by atoms with E-state index in [1.807, 2.05) is 0 Å². The molecule has 3 nitrogen and oxygen atoms in total. The van der Waals surface area contributed by atoms with Crippen molar-refractivity contribution >= 4 is 18.6 Å². The fraction of sp³-hybridized carbons (Fsp3) is 0.750. The molecule has 0 aliphatic rings. The molecule has 0 aromatic carbocycles. The Balaban J connectivity index is 4.09. The summed E-state index contributed by atoms with van der Waals surface area (Å²) in [6.45, 7) is -0.341. The SMILES string of the molecule is [2H]C[C@](N)(CS)C(=O)O. The Morgan fingerprint density at radius 2 is 2.75 bits per heavy atom. The van der Waals surface area contributed by atoms with Crippen LogP contribution in [0.5, 0.6) is 0 Å². The predicted molar refractivity (Wildman–Crippen MR) is 34.1 cm³/mol. The lowest BCUT2D eigenvalue weighted by atomic mass is 10.1. The Bertz CT molecular complexity index is 115. The van der Waals surface area contributed by atoms with E-state index in [2.05, 4.69) is 12.6 Å². The van der Waals surface area contributed by atoms with Crippen molar-refractivity contribution < 1.29 is 11.3 Å².